The molecule has 5 rings (SSSR count). The van der Waals surface area contributed by atoms with E-state index in [1.807, 2.05) is 24.3 Å². The molecule has 2 aromatic carbocycles. The van der Waals surface area contributed by atoms with Crippen LogP contribution in [0.25, 0.3) is 0 Å². The lowest BCUT2D eigenvalue weighted by atomic mass is 10.0. The lowest BCUT2D eigenvalue weighted by Crippen LogP contribution is -2.54. The molecular formula is C28H36N4O2. The number of carbonyl (C=O) groups is 2. The van der Waals surface area contributed by atoms with Crippen molar-refractivity contribution in [1.82, 2.24) is 10.2 Å². The third kappa shape index (κ3) is 5.44. The normalized spacial score (nSPS) is 21.1. The van der Waals surface area contributed by atoms with E-state index in [1.165, 1.54) is 18.4 Å². The van der Waals surface area contributed by atoms with Crippen LogP contribution in [-0.4, -0.2) is 55.5 Å². The minimum Gasteiger partial charge on any atom is -0.371 e. The first-order chi connectivity index (χ1) is 16.7. The Balaban J connectivity index is 1.42. The molecule has 2 saturated heterocycles. The Bertz CT molecular complexity index is 997. The smallest absolute Gasteiger partial charge is 0.256 e. The highest BCUT2D eigenvalue weighted by Gasteiger charge is 2.32. The van der Waals surface area contributed by atoms with Crippen LogP contribution in [0.1, 0.15) is 54.4 Å². The number of nitrogens with one attached hydrogen (secondary N) is 2. The van der Waals surface area contributed by atoms with Gasteiger partial charge in [0, 0.05) is 50.4 Å². The number of hydrogen-bond acceptors (Lipinski definition) is 4. The largest absolute Gasteiger partial charge is 0.371 e. The van der Waals surface area contributed by atoms with Crippen LogP contribution < -0.4 is 15.5 Å². The number of amides is 2. The van der Waals surface area contributed by atoms with Gasteiger partial charge in [-0.25, -0.2) is 0 Å². The summed E-state index contributed by atoms with van der Waals surface area (Å²) in [6.45, 7) is 4.22. The van der Waals surface area contributed by atoms with Gasteiger partial charge >= 0.3 is 0 Å². The van der Waals surface area contributed by atoms with Crippen molar-refractivity contribution in [2.75, 3.05) is 42.9 Å². The molecule has 1 unspecified atom stereocenters. The molecule has 3 fully saturated rings. The first-order valence-corrected chi connectivity index (χ1v) is 12.9. The second-order valence-electron chi connectivity index (χ2n) is 9.94. The molecule has 6 nitrogen and oxygen atoms in total. The van der Waals surface area contributed by atoms with E-state index in [4.69, 9.17) is 0 Å². The number of carbonyl (C=O) groups excluding carboxylic acids is 2. The minimum atomic E-state index is 0.0988. The molecular weight excluding hydrogens is 424 g/mol. The predicted octanol–water partition coefficient (Wildman–Crippen LogP) is 4.07. The molecule has 3 aliphatic rings. The van der Waals surface area contributed by atoms with Gasteiger partial charge in [-0.05, 0) is 55.9 Å². The van der Waals surface area contributed by atoms with E-state index in [0.29, 0.717) is 6.54 Å². The Kier molecular flexibility index (Phi) is 7.14. The number of benzene rings is 2. The summed E-state index contributed by atoms with van der Waals surface area (Å²) in [5.41, 5.74) is 3.78. The fraction of sp³-hybridized carbons (Fsp3) is 0.500. The summed E-state index contributed by atoms with van der Waals surface area (Å²) >= 11 is 0. The van der Waals surface area contributed by atoms with E-state index >= 15 is 0 Å². The summed E-state index contributed by atoms with van der Waals surface area (Å²) < 4.78 is 0. The molecule has 6 heteroatoms. The van der Waals surface area contributed by atoms with E-state index in [9.17, 15) is 9.59 Å². The molecule has 1 atom stereocenters. The SMILES string of the molecule is O=C(Nc1ccc(C(=O)N2CCNCC2Cc2ccccc2)c(N2CCCCCC2)c1)C1CC1. The Hall–Kier alpha value is -2.86. The first kappa shape index (κ1) is 22.9. The molecule has 2 aromatic rings. The average molecular weight is 461 g/mol. The molecule has 2 heterocycles. The van der Waals surface area contributed by atoms with Gasteiger partial charge < -0.3 is 20.4 Å². The lowest BCUT2D eigenvalue weighted by molar-refractivity contribution is -0.117. The number of piperazine rings is 1. The number of rotatable bonds is 6. The zero-order valence-corrected chi connectivity index (χ0v) is 20.0. The third-order valence-corrected chi connectivity index (χ3v) is 7.32. The Labute approximate surface area is 202 Å². The molecule has 2 aliphatic heterocycles. The molecule has 1 aliphatic carbocycles. The minimum absolute atomic E-state index is 0.0988. The van der Waals surface area contributed by atoms with E-state index in [2.05, 4.69) is 44.7 Å². The van der Waals surface area contributed by atoms with Gasteiger partial charge in [0.25, 0.3) is 5.91 Å². The van der Waals surface area contributed by atoms with Crippen molar-refractivity contribution in [3.8, 4) is 0 Å². The topological polar surface area (TPSA) is 64.7 Å². The highest BCUT2D eigenvalue weighted by atomic mass is 16.2. The van der Waals surface area contributed by atoms with E-state index in [0.717, 1.165) is 75.2 Å². The maximum atomic E-state index is 14.0. The molecule has 2 amide bonds. The molecule has 180 valence electrons. The van der Waals surface area contributed by atoms with Gasteiger partial charge in [0.15, 0.2) is 0 Å². The van der Waals surface area contributed by atoms with Crippen LogP contribution in [0, 0.1) is 5.92 Å². The van der Waals surface area contributed by atoms with Crippen LogP contribution in [0.3, 0.4) is 0 Å². The van der Waals surface area contributed by atoms with Crippen molar-refractivity contribution < 1.29 is 9.59 Å². The summed E-state index contributed by atoms with van der Waals surface area (Å²) in [7, 11) is 0. The Morgan fingerprint density at radius 1 is 0.941 bits per heavy atom. The zero-order valence-electron chi connectivity index (χ0n) is 20.0. The third-order valence-electron chi connectivity index (χ3n) is 7.32. The van der Waals surface area contributed by atoms with Crippen molar-refractivity contribution in [2.45, 2.75) is 51.0 Å². The van der Waals surface area contributed by atoms with Crippen molar-refractivity contribution in [3.63, 3.8) is 0 Å². The van der Waals surface area contributed by atoms with Crippen LogP contribution in [0.2, 0.25) is 0 Å². The number of anilines is 2. The molecule has 34 heavy (non-hydrogen) atoms. The quantitative estimate of drug-likeness (QED) is 0.682. The van der Waals surface area contributed by atoms with Gasteiger partial charge in [-0.2, -0.15) is 0 Å². The van der Waals surface area contributed by atoms with E-state index in [-0.39, 0.29) is 23.8 Å². The molecule has 0 bridgehead atoms. The highest BCUT2D eigenvalue weighted by Crippen LogP contribution is 2.33. The van der Waals surface area contributed by atoms with Gasteiger partial charge in [-0.15, -0.1) is 0 Å². The molecule has 0 spiro atoms. The fourth-order valence-electron chi connectivity index (χ4n) is 5.20. The Morgan fingerprint density at radius 3 is 2.44 bits per heavy atom. The summed E-state index contributed by atoms with van der Waals surface area (Å²) in [6, 6.07) is 16.4. The van der Waals surface area contributed by atoms with Crippen molar-refractivity contribution in [3.05, 3.63) is 59.7 Å². The molecule has 1 saturated carbocycles. The molecule has 0 aromatic heterocycles. The van der Waals surface area contributed by atoms with Crippen LogP contribution in [-0.2, 0) is 11.2 Å². The zero-order chi connectivity index (χ0) is 23.3. The van der Waals surface area contributed by atoms with Crippen molar-refractivity contribution in [1.29, 1.82) is 0 Å². The van der Waals surface area contributed by atoms with E-state index < -0.39 is 0 Å². The predicted molar refractivity (Wildman–Crippen MR) is 136 cm³/mol. The van der Waals surface area contributed by atoms with Gasteiger partial charge in [-0.1, -0.05) is 43.2 Å². The van der Waals surface area contributed by atoms with Crippen LogP contribution >= 0.6 is 0 Å². The molecule has 2 N–H and O–H groups in total. The van der Waals surface area contributed by atoms with E-state index in [1.54, 1.807) is 0 Å². The van der Waals surface area contributed by atoms with Crippen molar-refractivity contribution >= 4 is 23.2 Å². The first-order valence-electron chi connectivity index (χ1n) is 12.9. The van der Waals surface area contributed by atoms with Gasteiger partial charge in [-0.3, -0.25) is 9.59 Å². The van der Waals surface area contributed by atoms with Crippen LogP contribution in [0.4, 0.5) is 11.4 Å². The lowest BCUT2D eigenvalue weighted by Gasteiger charge is -2.37. The maximum Gasteiger partial charge on any atom is 0.256 e. The van der Waals surface area contributed by atoms with Crippen molar-refractivity contribution in [2.24, 2.45) is 5.92 Å². The highest BCUT2D eigenvalue weighted by molar-refractivity contribution is 6.02. The van der Waals surface area contributed by atoms with Gasteiger partial charge in [0.05, 0.1) is 11.3 Å². The number of nitrogens with zero attached hydrogens (tertiary/aromatic N) is 2. The maximum absolute atomic E-state index is 14.0. The molecule has 0 radical (unpaired) electrons. The average Bonchev–Trinajstić information content (AvgIpc) is 3.72. The summed E-state index contributed by atoms with van der Waals surface area (Å²) in [5.74, 6) is 0.357. The summed E-state index contributed by atoms with van der Waals surface area (Å²) in [4.78, 5) is 30.8. The second-order valence-corrected chi connectivity index (χ2v) is 9.94. The summed E-state index contributed by atoms with van der Waals surface area (Å²) in [6.07, 6.45) is 7.53. The van der Waals surface area contributed by atoms with Gasteiger partial charge in [0.2, 0.25) is 5.91 Å². The Morgan fingerprint density at radius 2 is 1.71 bits per heavy atom. The summed E-state index contributed by atoms with van der Waals surface area (Å²) in [5, 5.41) is 6.56. The standard InChI is InChI=1S/C28H36N4O2/c33-27(22-10-11-22)30-23-12-13-25(26(19-23)31-15-6-1-2-7-16-31)28(34)32-17-14-29-20-24(32)18-21-8-4-3-5-9-21/h3-5,8-9,12-13,19,22,24,29H,1-2,6-7,10-11,14-18,20H2,(H,30,33). The monoisotopic (exact) mass is 460 g/mol. The number of hydrogen-bond donors (Lipinski definition) is 2. The van der Waals surface area contributed by atoms with Crippen LogP contribution in [0.5, 0.6) is 0 Å². The fourth-order valence-corrected chi connectivity index (χ4v) is 5.20. The second kappa shape index (κ2) is 10.6. The van der Waals surface area contributed by atoms with Crippen LogP contribution in [0.15, 0.2) is 48.5 Å². The van der Waals surface area contributed by atoms with Gasteiger partial charge in [0.1, 0.15) is 0 Å².